The van der Waals surface area contributed by atoms with Crippen molar-refractivity contribution >= 4 is 60.1 Å². The molecule has 6 nitrogen and oxygen atoms in total. The molecule has 0 aliphatic rings. The molecule has 0 unspecified atom stereocenters. The molecule has 27 heavy (non-hydrogen) atoms. The van der Waals surface area contributed by atoms with Gasteiger partial charge in [-0.2, -0.15) is 0 Å². The maximum absolute atomic E-state index is 12.6. The molecule has 146 valence electrons. The molecule has 0 aliphatic carbocycles. The number of hydrogen-bond acceptors (Lipinski definition) is 4. The molecule has 2 aromatic carbocycles. The molecule has 0 aromatic heterocycles. The highest BCUT2D eigenvalue weighted by molar-refractivity contribution is 9.10. The fraction of sp³-hybridized carbons (Fsp3) is 0.278. The number of carbonyl (C=O) groups is 1. The minimum Gasteiger partial charge on any atom is -0.443 e. The number of benzene rings is 2. The summed E-state index contributed by atoms with van der Waals surface area (Å²) in [6, 6.07) is 7.95. The third-order valence-electron chi connectivity index (χ3n) is 3.52. The molecule has 0 heterocycles. The number of primary sulfonamides is 1. The second-order valence-corrected chi connectivity index (χ2v) is 9.39. The van der Waals surface area contributed by atoms with Gasteiger partial charge >= 0.3 is 6.09 Å². The second-order valence-electron chi connectivity index (χ2n) is 6.78. The maximum Gasteiger partial charge on any atom is 0.415 e. The first-order chi connectivity index (χ1) is 12.4. The van der Waals surface area contributed by atoms with Crippen LogP contribution in [-0.2, 0) is 14.8 Å². The van der Waals surface area contributed by atoms with Gasteiger partial charge in [-0.05, 0) is 65.7 Å². The van der Waals surface area contributed by atoms with Crippen molar-refractivity contribution in [3.63, 3.8) is 0 Å². The number of nitrogens with zero attached hydrogens (tertiary/aromatic N) is 1. The van der Waals surface area contributed by atoms with Gasteiger partial charge in [0, 0.05) is 16.6 Å². The summed E-state index contributed by atoms with van der Waals surface area (Å²) >= 11 is 9.14. The molecule has 0 radical (unpaired) electrons. The fourth-order valence-electron chi connectivity index (χ4n) is 2.38. The van der Waals surface area contributed by atoms with Crippen molar-refractivity contribution < 1.29 is 17.9 Å². The first-order valence-corrected chi connectivity index (χ1v) is 10.7. The number of fused-ring (bicyclic) bond motifs is 1. The Bertz CT molecular complexity index is 1000. The van der Waals surface area contributed by atoms with E-state index in [1.165, 1.54) is 22.6 Å². The van der Waals surface area contributed by atoms with E-state index >= 15 is 0 Å². The van der Waals surface area contributed by atoms with Gasteiger partial charge in [-0.25, -0.2) is 18.4 Å². The van der Waals surface area contributed by atoms with E-state index in [2.05, 4.69) is 15.9 Å². The summed E-state index contributed by atoms with van der Waals surface area (Å²) in [6.07, 6.45) is 1.09. The summed E-state index contributed by atoms with van der Waals surface area (Å²) in [4.78, 5) is 14.1. The summed E-state index contributed by atoms with van der Waals surface area (Å²) in [6.45, 7) is 5.55. The molecular formula is C18H20BrClN2O4S. The van der Waals surface area contributed by atoms with E-state index in [9.17, 15) is 13.2 Å². The van der Waals surface area contributed by atoms with Crippen LogP contribution in [0.4, 0.5) is 10.5 Å². The van der Waals surface area contributed by atoms with Crippen LogP contribution >= 0.6 is 27.5 Å². The lowest BCUT2D eigenvalue weighted by Crippen LogP contribution is -2.37. The molecule has 2 rings (SSSR count). The molecule has 9 heteroatoms. The summed E-state index contributed by atoms with van der Waals surface area (Å²) < 4.78 is 29.2. The number of ether oxygens (including phenoxy) is 1. The van der Waals surface area contributed by atoms with E-state index in [-0.39, 0.29) is 11.4 Å². The van der Waals surface area contributed by atoms with E-state index in [1.54, 1.807) is 45.0 Å². The van der Waals surface area contributed by atoms with Gasteiger partial charge in [0.1, 0.15) is 5.60 Å². The van der Waals surface area contributed by atoms with Crippen LogP contribution in [-0.4, -0.2) is 26.7 Å². The third kappa shape index (κ3) is 5.44. The molecule has 0 spiro atoms. The quantitative estimate of drug-likeness (QED) is 0.691. The minimum atomic E-state index is -3.80. The number of anilines is 1. The van der Waals surface area contributed by atoms with Gasteiger partial charge in [-0.1, -0.05) is 29.8 Å². The Labute approximate surface area is 172 Å². The van der Waals surface area contributed by atoms with E-state index in [4.69, 9.17) is 21.5 Å². The number of rotatable bonds is 4. The Hall–Kier alpha value is -1.61. The summed E-state index contributed by atoms with van der Waals surface area (Å²) in [5.41, 5.74) is 1.23. The number of halogens is 2. The van der Waals surface area contributed by atoms with Gasteiger partial charge in [0.15, 0.2) is 0 Å². The molecule has 0 saturated carbocycles. The molecule has 0 atom stereocenters. The topological polar surface area (TPSA) is 89.7 Å². The van der Waals surface area contributed by atoms with Crippen molar-refractivity contribution in [1.29, 1.82) is 0 Å². The Balaban J connectivity index is 2.55. The van der Waals surface area contributed by atoms with Crippen molar-refractivity contribution in [2.45, 2.75) is 31.3 Å². The van der Waals surface area contributed by atoms with Crippen molar-refractivity contribution in [1.82, 2.24) is 0 Å². The van der Waals surface area contributed by atoms with Crippen LogP contribution in [0.2, 0.25) is 0 Å². The highest BCUT2D eigenvalue weighted by atomic mass is 79.9. The van der Waals surface area contributed by atoms with Crippen molar-refractivity contribution in [3.05, 3.63) is 46.4 Å². The molecule has 0 saturated heterocycles. The molecule has 0 bridgehead atoms. The summed E-state index contributed by atoms with van der Waals surface area (Å²) in [5.74, 6) is 0. The summed E-state index contributed by atoms with van der Waals surface area (Å²) in [7, 11) is -3.80. The number of hydrogen-bond donors (Lipinski definition) is 1. The zero-order valence-corrected chi connectivity index (χ0v) is 18.2. The fourth-order valence-corrected chi connectivity index (χ4v) is 3.71. The average molecular weight is 476 g/mol. The molecule has 2 aromatic rings. The lowest BCUT2D eigenvalue weighted by Gasteiger charge is -2.27. The lowest BCUT2D eigenvalue weighted by molar-refractivity contribution is 0.0584. The van der Waals surface area contributed by atoms with Gasteiger partial charge in [0.2, 0.25) is 10.0 Å². The SMILES string of the molecule is CC(C)(C)OC(=O)N(C/C=C/Cl)c1ccc2cc(S(N)(=O)=O)ccc2c1Br. The Morgan fingerprint density at radius 2 is 1.96 bits per heavy atom. The number of amides is 1. The maximum atomic E-state index is 12.6. The predicted molar refractivity (Wildman–Crippen MR) is 112 cm³/mol. The zero-order valence-electron chi connectivity index (χ0n) is 15.1. The van der Waals surface area contributed by atoms with Crippen molar-refractivity contribution in [2.75, 3.05) is 11.4 Å². The number of carbonyl (C=O) groups excluding carboxylic acids is 1. The Morgan fingerprint density at radius 1 is 1.30 bits per heavy atom. The van der Waals surface area contributed by atoms with Crippen LogP contribution in [0, 0.1) is 0 Å². The van der Waals surface area contributed by atoms with Gasteiger partial charge in [-0.3, -0.25) is 4.90 Å². The van der Waals surface area contributed by atoms with Crippen LogP contribution in [0.1, 0.15) is 20.8 Å². The molecule has 0 aliphatic heterocycles. The van der Waals surface area contributed by atoms with Crippen molar-refractivity contribution in [2.24, 2.45) is 5.14 Å². The Kier molecular flexibility index (Phi) is 6.57. The summed E-state index contributed by atoms with van der Waals surface area (Å²) in [5, 5.41) is 6.57. The van der Waals surface area contributed by atoms with Crippen LogP contribution < -0.4 is 10.0 Å². The van der Waals surface area contributed by atoms with Crippen LogP contribution in [0.5, 0.6) is 0 Å². The third-order valence-corrected chi connectivity index (χ3v) is 5.44. The minimum absolute atomic E-state index is 0.0173. The highest BCUT2D eigenvalue weighted by Crippen LogP contribution is 2.35. The second kappa shape index (κ2) is 8.18. The van der Waals surface area contributed by atoms with Crippen LogP contribution in [0.15, 0.2) is 51.3 Å². The number of nitrogens with two attached hydrogens (primary N) is 1. The van der Waals surface area contributed by atoms with Gasteiger partial charge in [-0.15, -0.1) is 0 Å². The first kappa shape index (κ1) is 21.7. The Morgan fingerprint density at radius 3 is 2.52 bits per heavy atom. The lowest BCUT2D eigenvalue weighted by atomic mass is 10.1. The number of sulfonamides is 1. The van der Waals surface area contributed by atoms with Gasteiger partial charge < -0.3 is 4.74 Å². The van der Waals surface area contributed by atoms with Crippen LogP contribution in [0.25, 0.3) is 10.8 Å². The normalized spacial score (nSPS) is 12.5. The predicted octanol–water partition coefficient (Wildman–Crippen LogP) is 4.74. The monoisotopic (exact) mass is 474 g/mol. The van der Waals surface area contributed by atoms with Gasteiger partial charge in [0.25, 0.3) is 0 Å². The average Bonchev–Trinajstić information content (AvgIpc) is 2.54. The van der Waals surface area contributed by atoms with E-state index in [0.717, 1.165) is 5.39 Å². The van der Waals surface area contributed by atoms with Crippen LogP contribution in [0.3, 0.4) is 0 Å². The highest BCUT2D eigenvalue weighted by Gasteiger charge is 2.25. The zero-order chi connectivity index (χ0) is 20.4. The van der Waals surface area contributed by atoms with Gasteiger partial charge in [0.05, 0.1) is 10.6 Å². The smallest absolute Gasteiger partial charge is 0.415 e. The van der Waals surface area contributed by atoms with E-state index < -0.39 is 21.7 Å². The largest absolute Gasteiger partial charge is 0.443 e. The van der Waals surface area contributed by atoms with Crippen molar-refractivity contribution in [3.8, 4) is 0 Å². The standard InChI is InChI=1S/C18H20BrClN2O4S/c1-18(2,3)26-17(23)22(10-4-9-20)15-8-5-12-11-13(27(21,24)25)6-7-14(12)16(15)19/h4-9,11H,10H2,1-3H3,(H2,21,24,25)/b9-4+. The molecular weight excluding hydrogens is 456 g/mol. The molecule has 0 fully saturated rings. The molecule has 1 amide bonds. The van der Waals surface area contributed by atoms with E-state index in [0.29, 0.717) is 15.5 Å². The van der Waals surface area contributed by atoms with E-state index in [1.807, 2.05) is 0 Å². The molecule has 2 N–H and O–H groups in total. The first-order valence-electron chi connectivity index (χ1n) is 7.95.